The highest BCUT2D eigenvalue weighted by Gasteiger charge is 2.06. The topological polar surface area (TPSA) is 52.0 Å². The van der Waals surface area contributed by atoms with Gasteiger partial charge in [-0.1, -0.05) is 18.2 Å². The molecule has 0 amide bonds. The van der Waals surface area contributed by atoms with Gasteiger partial charge in [0.15, 0.2) is 0 Å². The summed E-state index contributed by atoms with van der Waals surface area (Å²) in [5.74, 6) is 0. The third-order valence-corrected chi connectivity index (χ3v) is 2.30. The van der Waals surface area contributed by atoms with E-state index in [1.54, 1.807) is 0 Å². The predicted octanol–water partition coefficient (Wildman–Crippen LogP) is 1.68. The minimum absolute atomic E-state index is 0. The molecule has 0 bridgehead atoms. The molecule has 1 rings (SSSR count). The maximum atomic E-state index is 5.84. The van der Waals surface area contributed by atoms with Crippen LogP contribution in [0.1, 0.15) is 22.7 Å². The molecule has 0 spiro atoms. The van der Waals surface area contributed by atoms with Crippen LogP contribution >= 0.6 is 12.4 Å². The normalized spacial score (nSPS) is 12.0. The van der Waals surface area contributed by atoms with Crippen LogP contribution in [0.5, 0.6) is 0 Å². The van der Waals surface area contributed by atoms with E-state index in [1.165, 1.54) is 11.1 Å². The number of hydrogen-bond acceptors (Lipinski definition) is 2. The van der Waals surface area contributed by atoms with Crippen LogP contribution in [-0.2, 0) is 0 Å². The van der Waals surface area contributed by atoms with Crippen molar-refractivity contribution in [2.45, 2.75) is 19.9 Å². The third kappa shape index (κ3) is 2.69. The maximum absolute atomic E-state index is 5.84. The summed E-state index contributed by atoms with van der Waals surface area (Å²) in [6.45, 7) is 4.67. The van der Waals surface area contributed by atoms with E-state index in [0.717, 1.165) is 5.56 Å². The van der Waals surface area contributed by atoms with Gasteiger partial charge in [-0.15, -0.1) is 12.4 Å². The van der Waals surface area contributed by atoms with Gasteiger partial charge in [0.05, 0.1) is 0 Å². The van der Waals surface area contributed by atoms with Crippen molar-refractivity contribution in [3.05, 3.63) is 34.9 Å². The lowest BCUT2D eigenvalue weighted by molar-refractivity contribution is 0.730. The molecule has 1 unspecified atom stereocenters. The molecule has 1 aromatic rings. The molecular weight excluding hydrogens is 184 g/mol. The molecule has 13 heavy (non-hydrogen) atoms. The van der Waals surface area contributed by atoms with Crippen LogP contribution in [0.15, 0.2) is 18.2 Å². The van der Waals surface area contributed by atoms with Gasteiger partial charge in [-0.2, -0.15) is 0 Å². The molecule has 1 atom stereocenters. The Bertz CT molecular complexity index is 274. The van der Waals surface area contributed by atoms with Gasteiger partial charge >= 0.3 is 0 Å². The minimum Gasteiger partial charge on any atom is -0.329 e. The maximum Gasteiger partial charge on any atom is 0.0422 e. The lowest BCUT2D eigenvalue weighted by Crippen LogP contribution is -2.21. The average Bonchev–Trinajstić information content (AvgIpc) is 2.08. The number of hydrogen-bond donors (Lipinski definition) is 2. The molecule has 0 aliphatic rings. The Hall–Kier alpha value is -0.570. The zero-order chi connectivity index (χ0) is 9.14. The minimum atomic E-state index is -0.0232. The van der Waals surface area contributed by atoms with Crippen LogP contribution in [0.4, 0.5) is 0 Å². The fraction of sp³-hybridized carbons (Fsp3) is 0.400. The summed E-state index contributed by atoms with van der Waals surface area (Å²) >= 11 is 0. The van der Waals surface area contributed by atoms with Crippen molar-refractivity contribution in [1.82, 2.24) is 0 Å². The van der Waals surface area contributed by atoms with Crippen LogP contribution in [0.25, 0.3) is 0 Å². The summed E-state index contributed by atoms with van der Waals surface area (Å²) in [4.78, 5) is 0. The van der Waals surface area contributed by atoms with Crippen molar-refractivity contribution in [2.24, 2.45) is 11.5 Å². The molecule has 4 N–H and O–H groups in total. The van der Waals surface area contributed by atoms with Gasteiger partial charge < -0.3 is 11.5 Å². The smallest absolute Gasteiger partial charge is 0.0422 e. The molecule has 3 heteroatoms. The Morgan fingerprint density at radius 1 is 1.31 bits per heavy atom. The van der Waals surface area contributed by atoms with Crippen molar-refractivity contribution < 1.29 is 0 Å². The quantitative estimate of drug-likeness (QED) is 0.764. The molecule has 1 aromatic carbocycles. The Balaban J connectivity index is 0.00000144. The molecule has 0 aromatic heterocycles. The Labute approximate surface area is 85.7 Å². The van der Waals surface area contributed by atoms with Crippen LogP contribution < -0.4 is 11.5 Å². The van der Waals surface area contributed by atoms with Gasteiger partial charge in [-0.3, -0.25) is 0 Å². The van der Waals surface area contributed by atoms with Crippen molar-refractivity contribution in [1.29, 1.82) is 0 Å². The first-order valence-corrected chi connectivity index (χ1v) is 4.18. The standard InChI is InChI=1S/C10H16N2.ClH/c1-7-4-3-5-9(8(7)2)10(12)6-11;/h3-5,10H,6,11-12H2,1-2H3;1H. The summed E-state index contributed by atoms with van der Waals surface area (Å²) < 4.78 is 0. The van der Waals surface area contributed by atoms with Gasteiger partial charge in [-0.05, 0) is 30.5 Å². The van der Waals surface area contributed by atoms with E-state index >= 15 is 0 Å². The molecular formula is C10H17ClN2. The van der Waals surface area contributed by atoms with Crippen molar-refractivity contribution in [3.63, 3.8) is 0 Å². The summed E-state index contributed by atoms with van der Waals surface area (Å²) in [7, 11) is 0. The summed E-state index contributed by atoms with van der Waals surface area (Å²) in [6, 6.07) is 6.12. The highest BCUT2D eigenvalue weighted by Crippen LogP contribution is 2.17. The molecule has 0 saturated carbocycles. The molecule has 0 aliphatic carbocycles. The molecule has 0 heterocycles. The van der Waals surface area contributed by atoms with E-state index < -0.39 is 0 Å². The van der Waals surface area contributed by atoms with E-state index in [1.807, 2.05) is 12.1 Å². The lowest BCUT2D eigenvalue weighted by Gasteiger charge is -2.13. The molecule has 0 fully saturated rings. The second-order valence-corrected chi connectivity index (χ2v) is 3.13. The van der Waals surface area contributed by atoms with E-state index in [-0.39, 0.29) is 18.4 Å². The molecule has 74 valence electrons. The third-order valence-electron chi connectivity index (χ3n) is 2.30. The Morgan fingerprint density at radius 3 is 2.46 bits per heavy atom. The summed E-state index contributed by atoms with van der Waals surface area (Å²) in [5, 5.41) is 0. The first-order valence-electron chi connectivity index (χ1n) is 4.18. The predicted molar refractivity (Wildman–Crippen MR) is 59.1 cm³/mol. The first kappa shape index (κ1) is 12.4. The second-order valence-electron chi connectivity index (χ2n) is 3.13. The average molecular weight is 201 g/mol. The van der Waals surface area contributed by atoms with Crippen molar-refractivity contribution in [3.8, 4) is 0 Å². The van der Waals surface area contributed by atoms with Gasteiger partial charge in [0.25, 0.3) is 0 Å². The van der Waals surface area contributed by atoms with E-state index in [0.29, 0.717) is 6.54 Å². The van der Waals surface area contributed by atoms with Crippen LogP contribution in [0, 0.1) is 13.8 Å². The fourth-order valence-electron chi connectivity index (χ4n) is 1.30. The van der Waals surface area contributed by atoms with Gasteiger partial charge in [0, 0.05) is 12.6 Å². The number of benzene rings is 1. The fourth-order valence-corrected chi connectivity index (χ4v) is 1.30. The van der Waals surface area contributed by atoms with E-state index in [9.17, 15) is 0 Å². The summed E-state index contributed by atoms with van der Waals surface area (Å²) in [5.41, 5.74) is 15.0. The highest BCUT2D eigenvalue weighted by molar-refractivity contribution is 5.85. The van der Waals surface area contributed by atoms with E-state index in [4.69, 9.17) is 11.5 Å². The van der Waals surface area contributed by atoms with Gasteiger partial charge in [-0.25, -0.2) is 0 Å². The number of nitrogens with two attached hydrogens (primary N) is 2. The lowest BCUT2D eigenvalue weighted by atomic mass is 9.98. The zero-order valence-electron chi connectivity index (χ0n) is 8.08. The van der Waals surface area contributed by atoms with Crippen LogP contribution in [0.2, 0.25) is 0 Å². The van der Waals surface area contributed by atoms with Crippen LogP contribution in [0.3, 0.4) is 0 Å². The number of rotatable bonds is 2. The number of aryl methyl sites for hydroxylation is 1. The highest BCUT2D eigenvalue weighted by atomic mass is 35.5. The van der Waals surface area contributed by atoms with E-state index in [2.05, 4.69) is 19.9 Å². The van der Waals surface area contributed by atoms with Gasteiger partial charge in [0.1, 0.15) is 0 Å². The first-order chi connectivity index (χ1) is 5.66. The van der Waals surface area contributed by atoms with Crippen molar-refractivity contribution in [2.75, 3.05) is 6.54 Å². The molecule has 0 aliphatic heterocycles. The Morgan fingerprint density at radius 2 is 1.92 bits per heavy atom. The van der Waals surface area contributed by atoms with Gasteiger partial charge in [0.2, 0.25) is 0 Å². The molecule has 2 nitrogen and oxygen atoms in total. The molecule has 0 radical (unpaired) electrons. The van der Waals surface area contributed by atoms with Crippen LogP contribution in [-0.4, -0.2) is 6.54 Å². The Kier molecular flexibility index (Phi) is 4.99. The molecule has 0 saturated heterocycles. The zero-order valence-corrected chi connectivity index (χ0v) is 8.90. The summed E-state index contributed by atoms with van der Waals surface area (Å²) in [6.07, 6.45) is 0. The monoisotopic (exact) mass is 200 g/mol. The van der Waals surface area contributed by atoms with Crippen molar-refractivity contribution >= 4 is 12.4 Å². The second kappa shape index (κ2) is 5.22. The largest absolute Gasteiger partial charge is 0.329 e. The number of halogens is 1. The SMILES string of the molecule is Cc1cccc(C(N)CN)c1C.Cl.